The van der Waals surface area contributed by atoms with E-state index in [1.165, 1.54) is 11.3 Å². The van der Waals surface area contributed by atoms with Gasteiger partial charge in [-0.2, -0.15) is 4.31 Å². The molecule has 3 nitrogen and oxygen atoms in total. The molecule has 0 radical (unpaired) electrons. The quantitative estimate of drug-likeness (QED) is 0.739. The fourth-order valence-electron chi connectivity index (χ4n) is 3.03. The van der Waals surface area contributed by atoms with Crippen LogP contribution in [0.25, 0.3) is 0 Å². The first-order valence-electron chi connectivity index (χ1n) is 7.54. The Morgan fingerprint density at radius 2 is 1.86 bits per heavy atom. The van der Waals surface area contributed by atoms with E-state index in [9.17, 15) is 8.42 Å². The predicted molar refractivity (Wildman–Crippen MR) is 89.6 cm³/mol. The average molecular weight is 350 g/mol. The molecule has 2 heterocycles. The smallest absolute Gasteiger partial charge is 0.206 e. The molecule has 0 atom stereocenters. The third kappa shape index (κ3) is 3.31. The van der Waals surface area contributed by atoms with Gasteiger partial charge in [0.05, 0.1) is 5.88 Å². The molecule has 1 aliphatic rings. The molecule has 0 bridgehead atoms. The largest absolute Gasteiger partial charge is 0.252 e. The zero-order valence-corrected chi connectivity index (χ0v) is 15.4. The van der Waals surface area contributed by atoms with Crippen LogP contribution in [0.2, 0.25) is 0 Å². The number of piperidine rings is 1. The summed E-state index contributed by atoms with van der Waals surface area (Å²) in [6.07, 6.45) is 4.19. The summed E-state index contributed by atoms with van der Waals surface area (Å²) < 4.78 is 27.6. The van der Waals surface area contributed by atoms with Gasteiger partial charge >= 0.3 is 0 Å². The minimum atomic E-state index is -3.35. The number of nitrogens with zero attached hydrogens (tertiary/aromatic N) is 1. The molecule has 21 heavy (non-hydrogen) atoms. The zero-order chi connectivity index (χ0) is 15.7. The first-order valence-corrected chi connectivity index (χ1v) is 10.3. The van der Waals surface area contributed by atoms with Gasteiger partial charge in [0.25, 0.3) is 10.0 Å². The summed E-state index contributed by atoms with van der Waals surface area (Å²) in [4.78, 5) is 0.948. The standard InChI is InChI=1S/C15H24ClNO2S2/c1-4-15(5-2)6-8-17(9-7-15)21(18,19)14-10-12(3)13(11-16)20-14/h10H,4-9,11H2,1-3H3. The van der Waals surface area contributed by atoms with Gasteiger partial charge in [-0.15, -0.1) is 22.9 Å². The lowest BCUT2D eigenvalue weighted by Crippen LogP contribution is -2.42. The van der Waals surface area contributed by atoms with Crippen molar-refractivity contribution in [1.29, 1.82) is 0 Å². The van der Waals surface area contributed by atoms with Crippen LogP contribution in [0.3, 0.4) is 0 Å². The van der Waals surface area contributed by atoms with E-state index >= 15 is 0 Å². The highest BCUT2D eigenvalue weighted by Crippen LogP contribution is 2.40. The molecular formula is C15H24ClNO2S2. The normalized spacial score (nSPS) is 19.8. The highest BCUT2D eigenvalue weighted by atomic mass is 35.5. The van der Waals surface area contributed by atoms with Gasteiger partial charge in [0.1, 0.15) is 4.21 Å². The van der Waals surface area contributed by atoms with Crippen LogP contribution in [-0.4, -0.2) is 25.8 Å². The van der Waals surface area contributed by atoms with Crippen molar-refractivity contribution in [1.82, 2.24) is 4.31 Å². The van der Waals surface area contributed by atoms with Crippen molar-refractivity contribution in [3.63, 3.8) is 0 Å². The fourth-order valence-corrected chi connectivity index (χ4v) is 6.44. The Morgan fingerprint density at radius 3 is 2.29 bits per heavy atom. The molecule has 1 aromatic heterocycles. The van der Waals surface area contributed by atoms with E-state index < -0.39 is 10.0 Å². The van der Waals surface area contributed by atoms with Gasteiger partial charge in [-0.1, -0.05) is 26.7 Å². The molecular weight excluding hydrogens is 326 g/mol. The van der Waals surface area contributed by atoms with Crippen LogP contribution in [0.4, 0.5) is 0 Å². The lowest BCUT2D eigenvalue weighted by atomic mass is 9.75. The van der Waals surface area contributed by atoms with Crippen LogP contribution in [0.5, 0.6) is 0 Å². The Balaban J connectivity index is 2.18. The lowest BCUT2D eigenvalue weighted by Gasteiger charge is -2.40. The van der Waals surface area contributed by atoms with Crippen molar-refractivity contribution in [2.45, 2.75) is 56.5 Å². The molecule has 1 saturated heterocycles. The highest BCUT2D eigenvalue weighted by Gasteiger charge is 2.36. The summed E-state index contributed by atoms with van der Waals surface area (Å²) in [5, 5.41) is 0. The third-order valence-electron chi connectivity index (χ3n) is 5.00. The highest BCUT2D eigenvalue weighted by molar-refractivity contribution is 7.91. The summed E-state index contributed by atoms with van der Waals surface area (Å²) in [5.74, 6) is 0.376. The molecule has 0 aromatic carbocycles. The first-order chi connectivity index (χ1) is 9.88. The van der Waals surface area contributed by atoms with Crippen LogP contribution >= 0.6 is 22.9 Å². The second kappa shape index (κ2) is 6.57. The van der Waals surface area contributed by atoms with Crippen LogP contribution in [0.1, 0.15) is 50.0 Å². The molecule has 1 aliphatic heterocycles. The molecule has 1 fully saturated rings. The summed E-state index contributed by atoms with van der Waals surface area (Å²) in [6.45, 7) is 7.61. The Kier molecular flexibility index (Phi) is 5.40. The Morgan fingerprint density at radius 1 is 1.29 bits per heavy atom. The summed E-state index contributed by atoms with van der Waals surface area (Å²) in [5.41, 5.74) is 1.31. The van der Waals surface area contributed by atoms with Crippen LogP contribution in [0.15, 0.2) is 10.3 Å². The Hall–Kier alpha value is -0.100. The van der Waals surface area contributed by atoms with Crippen molar-refractivity contribution < 1.29 is 8.42 Å². The fraction of sp³-hybridized carbons (Fsp3) is 0.733. The molecule has 0 spiro atoms. The zero-order valence-electron chi connectivity index (χ0n) is 13.0. The monoisotopic (exact) mass is 349 g/mol. The Bertz CT molecular complexity index is 581. The van der Waals surface area contributed by atoms with Crippen LogP contribution < -0.4 is 0 Å². The van der Waals surface area contributed by atoms with E-state index in [2.05, 4.69) is 13.8 Å². The van der Waals surface area contributed by atoms with Crippen LogP contribution in [-0.2, 0) is 15.9 Å². The summed E-state index contributed by atoms with van der Waals surface area (Å²) >= 11 is 7.17. The maximum absolute atomic E-state index is 12.7. The number of sulfonamides is 1. The van der Waals surface area contributed by atoms with Crippen molar-refractivity contribution in [2.75, 3.05) is 13.1 Å². The lowest BCUT2D eigenvalue weighted by molar-refractivity contribution is 0.142. The van der Waals surface area contributed by atoms with Gasteiger partial charge in [0.15, 0.2) is 0 Å². The summed E-state index contributed by atoms with van der Waals surface area (Å²) in [6, 6.07) is 1.76. The van der Waals surface area contributed by atoms with E-state index in [4.69, 9.17) is 11.6 Å². The van der Waals surface area contributed by atoms with Crippen molar-refractivity contribution in [2.24, 2.45) is 5.41 Å². The second-order valence-corrected chi connectivity index (χ2v) is 9.49. The van der Waals surface area contributed by atoms with Gasteiger partial charge in [-0.25, -0.2) is 8.42 Å². The van der Waals surface area contributed by atoms with Gasteiger partial charge in [-0.05, 0) is 36.8 Å². The number of halogens is 1. The van der Waals surface area contributed by atoms with E-state index in [1.54, 1.807) is 10.4 Å². The number of rotatable bonds is 5. The Labute approximate surface area is 137 Å². The molecule has 0 unspecified atom stereocenters. The molecule has 0 saturated carbocycles. The number of hydrogen-bond donors (Lipinski definition) is 0. The summed E-state index contributed by atoms with van der Waals surface area (Å²) in [7, 11) is -3.35. The van der Waals surface area contributed by atoms with Gasteiger partial charge in [0, 0.05) is 18.0 Å². The number of thiophene rings is 1. The molecule has 0 aliphatic carbocycles. The average Bonchev–Trinajstić information content (AvgIpc) is 2.89. The predicted octanol–water partition coefficient (Wildman–Crippen LogP) is 4.39. The number of alkyl halides is 1. The molecule has 2 rings (SSSR count). The number of aryl methyl sites for hydroxylation is 1. The van der Waals surface area contributed by atoms with Crippen molar-refractivity contribution in [3.05, 3.63) is 16.5 Å². The molecule has 0 N–H and O–H groups in total. The molecule has 1 aromatic rings. The van der Waals surface area contributed by atoms with Gasteiger partial charge < -0.3 is 0 Å². The van der Waals surface area contributed by atoms with E-state index in [-0.39, 0.29) is 0 Å². The maximum Gasteiger partial charge on any atom is 0.252 e. The topological polar surface area (TPSA) is 37.4 Å². The number of hydrogen-bond acceptors (Lipinski definition) is 3. The second-order valence-electron chi connectivity index (χ2n) is 5.92. The van der Waals surface area contributed by atoms with Crippen molar-refractivity contribution in [3.8, 4) is 0 Å². The van der Waals surface area contributed by atoms with E-state index in [0.717, 1.165) is 36.1 Å². The molecule has 0 amide bonds. The van der Waals surface area contributed by atoms with Gasteiger partial charge in [0.2, 0.25) is 0 Å². The first kappa shape index (κ1) is 17.3. The molecule has 6 heteroatoms. The third-order valence-corrected chi connectivity index (χ3v) is 9.01. The molecule has 120 valence electrons. The van der Waals surface area contributed by atoms with Crippen LogP contribution in [0, 0.1) is 12.3 Å². The van der Waals surface area contributed by atoms with E-state index in [1.807, 2.05) is 6.92 Å². The van der Waals surface area contributed by atoms with E-state index in [0.29, 0.717) is 28.6 Å². The van der Waals surface area contributed by atoms with Crippen molar-refractivity contribution >= 4 is 33.0 Å². The van der Waals surface area contributed by atoms with Gasteiger partial charge in [-0.3, -0.25) is 0 Å². The minimum absolute atomic E-state index is 0.332. The maximum atomic E-state index is 12.7. The SMILES string of the molecule is CCC1(CC)CCN(S(=O)(=O)c2cc(C)c(CCl)s2)CC1. The minimum Gasteiger partial charge on any atom is -0.206 e.